The number of phosphoric ester groups is 1. The Balaban J connectivity index is 1.45. The number of hydrogen-bond acceptors (Lipinski definition) is 7. The molecule has 8 nitrogen and oxygen atoms in total. The average molecular weight is 618 g/mol. The van der Waals surface area contributed by atoms with Crippen molar-refractivity contribution in [3.63, 3.8) is 0 Å². The Morgan fingerprint density at radius 3 is 1.74 bits per heavy atom. The van der Waals surface area contributed by atoms with Crippen LogP contribution in [0, 0.1) is 5.92 Å². The lowest BCUT2D eigenvalue weighted by atomic mass is 9.90. The first kappa shape index (κ1) is 37.7. The average Bonchev–Trinajstić information content (AvgIpc) is 3.08. The van der Waals surface area contributed by atoms with Gasteiger partial charge in [-0.05, 0) is 12.3 Å². The molecule has 2 aliphatic heterocycles. The Hall–Kier alpha value is -0.500. The van der Waals surface area contributed by atoms with E-state index in [2.05, 4.69) is 21.0 Å². The predicted molar refractivity (Wildman–Crippen MR) is 167 cm³/mol. The minimum absolute atomic E-state index is 0.108. The van der Waals surface area contributed by atoms with Gasteiger partial charge in [0.25, 0.3) is 7.82 Å². The van der Waals surface area contributed by atoms with Crippen molar-refractivity contribution >= 4 is 13.8 Å². The van der Waals surface area contributed by atoms with E-state index in [-0.39, 0.29) is 25.7 Å². The van der Waals surface area contributed by atoms with Gasteiger partial charge in [0, 0.05) is 39.2 Å². The van der Waals surface area contributed by atoms with Gasteiger partial charge in [-0.1, -0.05) is 103 Å². The Kier molecular flexibility index (Phi) is 19.1. The van der Waals surface area contributed by atoms with Crippen LogP contribution in [0.4, 0.5) is 0 Å². The molecule has 0 amide bonds. The lowest BCUT2D eigenvalue weighted by Crippen LogP contribution is -2.54. The molecule has 0 aromatic rings. The van der Waals surface area contributed by atoms with Crippen LogP contribution in [0.3, 0.4) is 0 Å². The highest BCUT2D eigenvalue weighted by atomic mass is 31.2. The fraction of sp³-hybridized carbons (Fsp3) is 0.970. The van der Waals surface area contributed by atoms with E-state index >= 15 is 0 Å². The smallest absolute Gasteiger partial charge is 0.303 e. The van der Waals surface area contributed by atoms with Crippen molar-refractivity contribution in [2.24, 2.45) is 5.92 Å². The summed E-state index contributed by atoms with van der Waals surface area (Å²) in [7, 11) is 0.0649. The molecule has 2 bridgehead atoms. The summed E-state index contributed by atoms with van der Waals surface area (Å²) >= 11 is 0. The van der Waals surface area contributed by atoms with Gasteiger partial charge in [0.2, 0.25) is 0 Å². The lowest BCUT2D eigenvalue weighted by molar-refractivity contribution is -0.931. The third-order valence-corrected chi connectivity index (χ3v) is 10.5. The van der Waals surface area contributed by atoms with Crippen molar-refractivity contribution in [1.29, 1.82) is 0 Å². The first-order chi connectivity index (χ1) is 20.1. The third-order valence-electron chi connectivity index (χ3n) is 9.59. The van der Waals surface area contributed by atoms with E-state index in [4.69, 9.17) is 18.5 Å². The number of piperidine rings is 1. The van der Waals surface area contributed by atoms with Crippen LogP contribution in [0.15, 0.2) is 0 Å². The molecule has 0 aromatic carbocycles. The monoisotopic (exact) mass is 617 g/mol. The van der Waals surface area contributed by atoms with E-state index in [0.717, 1.165) is 30.2 Å². The molecule has 2 heterocycles. The van der Waals surface area contributed by atoms with E-state index < -0.39 is 19.9 Å². The number of hydrogen-bond donors (Lipinski definition) is 0. The highest BCUT2D eigenvalue weighted by Gasteiger charge is 2.48. The number of fused-ring (bicyclic) bond motifs is 2. The van der Waals surface area contributed by atoms with Crippen molar-refractivity contribution < 1.29 is 37.3 Å². The summed E-state index contributed by atoms with van der Waals surface area (Å²) in [6.45, 7) is 4.10. The van der Waals surface area contributed by atoms with E-state index in [1.54, 1.807) is 0 Å². The number of phosphoric acid groups is 1. The molecule has 9 heteroatoms. The fourth-order valence-electron chi connectivity index (χ4n) is 6.86. The Morgan fingerprint density at radius 2 is 1.26 bits per heavy atom. The summed E-state index contributed by atoms with van der Waals surface area (Å²) in [5, 5.41) is 0. The number of unbranched alkanes of at least 4 members (excludes halogenated alkanes) is 15. The van der Waals surface area contributed by atoms with E-state index in [9.17, 15) is 14.3 Å². The molecule has 0 saturated carbocycles. The fourth-order valence-corrected chi connectivity index (χ4v) is 7.67. The molecule has 0 radical (unpaired) electrons. The van der Waals surface area contributed by atoms with Crippen molar-refractivity contribution in [3.05, 3.63) is 0 Å². The molecule has 0 aromatic heterocycles. The topological polar surface area (TPSA) is 94.1 Å². The van der Waals surface area contributed by atoms with Crippen molar-refractivity contribution in [2.75, 3.05) is 40.5 Å². The highest BCUT2D eigenvalue weighted by molar-refractivity contribution is 7.45. The molecule has 42 heavy (non-hydrogen) atoms. The second-order valence-electron chi connectivity index (χ2n) is 13.5. The van der Waals surface area contributed by atoms with Gasteiger partial charge >= 0.3 is 5.97 Å². The molecule has 0 N–H and O–H groups in total. The van der Waals surface area contributed by atoms with E-state index in [1.807, 2.05) is 0 Å². The maximum Gasteiger partial charge on any atom is 0.303 e. The predicted octanol–water partition coefficient (Wildman–Crippen LogP) is 7.72. The minimum atomic E-state index is -4.49. The van der Waals surface area contributed by atoms with Crippen molar-refractivity contribution in [3.8, 4) is 0 Å². The van der Waals surface area contributed by atoms with Crippen LogP contribution in [0.1, 0.15) is 142 Å². The molecule has 0 aliphatic carbocycles. The Labute approximate surface area is 257 Å². The van der Waals surface area contributed by atoms with Crippen LogP contribution < -0.4 is 4.89 Å². The largest absolute Gasteiger partial charge is 0.756 e. The molecule has 0 spiro atoms. The Morgan fingerprint density at radius 1 is 0.786 bits per heavy atom. The zero-order valence-corrected chi connectivity index (χ0v) is 28.4. The minimum Gasteiger partial charge on any atom is -0.756 e. The van der Waals surface area contributed by atoms with Gasteiger partial charge < -0.3 is 27.9 Å². The molecule has 4 unspecified atom stereocenters. The molecule has 248 valence electrons. The standard InChI is InChI=1S/C33H64NO7P/c1-5-6-7-8-9-10-11-12-13-14-15-16-17-18-19-20-23-38-27-33(41-29(2)35)28-40-42(36,37)39-26-30-24-31-21-22-32(25-30)34(31,3)4/h30-33H,5-28H2,1-4H3. The number of esters is 1. The third kappa shape index (κ3) is 16.0. The molecule has 2 fully saturated rings. The van der Waals surface area contributed by atoms with Gasteiger partial charge in [-0.3, -0.25) is 9.36 Å². The van der Waals surface area contributed by atoms with Gasteiger partial charge in [-0.2, -0.15) is 0 Å². The second-order valence-corrected chi connectivity index (χ2v) is 14.9. The quantitative estimate of drug-likeness (QED) is 0.0425. The summed E-state index contributed by atoms with van der Waals surface area (Å²) in [4.78, 5) is 23.9. The number of carbonyl (C=O) groups excluding carboxylic acids is 1. The zero-order valence-electron chi connectivity index (χ0n) is 27.5. The summed E-state index contributed by atoms with van der Waals surface area (Å²) in [5.41, 5.74) is 0. The summed E-state index contributed by atoms with van der Waals surface area (Å²) in [6.07, 6.45) is 24.6. The first-order valence-electron chi connectivity index (χ1n) is 17.3. The maximum atomic E-state index is 12.4. The van der Waals surface area contributed by atoms with Gasteiger partial charge in [-0.15, -0.1) is 0 Å². The van der Waals surface area contributed by atoms with Gasteiger partial charge in [0.1, 0.15) is 6.10 Å². The van der Waals surface area contributed by atoms with Crippen LogP contribution in [-0.4, -0.2) is 69.2 Å². The molecule has 2 saturated heterocycles. The Bertz CT molecular complexity index is 749. The van der Waals surface area contributed by atoms with Gasteiger partial charge in [0.05, 0.1) is 46.0 Å². The lowest BCUT2D eigenvalue weighted by Gasteiger charge is -2.44. The summed E-state index contributed by atoms with van der Waals surface area (Å²) in [5.74, 6) is -0.262. The molecule has 2 rings (SSSR count). The normalized spacial score (nSPS) is 23.5. The van der Waals surface area contributed by atoms with Crippen LogP contribution in [0.5, 0.6) is 0 Å². The second kappa shape index (κ2) is 21.3. The first-order valence-corrected chi connectivity index (χ1v) is 18.8. The van der Waals surface area contributed by atoms with Crippen LogP contribution in [-0.2, 0) is 27.9 Å². The number of carbonyl (C=O) groups is 1. The number of rotatable bonds is 26. The van der Waals surface area contributed by atoms with Crippen LogP contribution in [0.2, 0.25) is 0 Å². The molecular weight excluding hydrogens is 553 g/mol. The van der Waals surface area contributed by atoms with E-state index in [0.29, 0.717) is 18.7 Å². The summed E-state index contributed by atoms with van der Waals surface area (Å²) in [6, 6.07) is 1.15. The van der Waals surface area contributed by atoms with Crippen molar-refractivity contribution in [1.82, 2.24) is 0 Å². The van der Waals surface area contributed by atoms with Crippen LogP contribution in [0.25, 0.3) is 0 Å². The van der Waals surface area contributed by atoms with E-state index in [1.165, 1.54) is 110 Å². The number of quaternary nitrogens is 1. The van der Waals surface area contributed by atoms with Gasteiger partial charge in [-0.25, -0.2) is 0 Å². The zero-order chi connectivity index (χ0) is 30.7. The van der Waals surface area contributed by atoms with Crippen LogP contribution >= 0.6 is 7.82 Å². The molecule has 4 atom stereocenters. The maximum absolute atomic E-state index is 12.4. The number of nitrogens with zero attached hydrogens (tertiary/aromatic N) is 1. The highest BCUT2D eigenvalue weighted by Crippen LogP contribution is 2.45. The molecular formula is C33H64NO7P. The van der Waals surface area contributed by atoms with Crippen molar-refractivity contribution in [2.45, 2.75) is 160 Å². The SMILES string of the molecule is CCCCCCCCCCCCCCCCCCOCC(COP(=O)([O-])OCC1CC2CCC(C1)[N+]2(C)C)OC(C)=O. The molecule has 2 aliphatic rings. The van der Waals surface area contributed by atoms with Gasteiger partial charge in [0.15, 0.2) is 0 Å². The number of ether oxygens (including phenoxy) is 2. The summed E-state index contributed by atoms with van der Waals surface area (Å²) < 4.78 is 34.7.